The number of nitro benzene ring substituents is 1. The number of ether oxygens (including phenoxy) is 1. The summed E-state index contributed by atoms with van der Waals surface area (Å²) in [7, 11) is 1.82. The minimum atomic E-state index is -1.11. The minimum Gasteiger partial charge on any atom is -0.478 e. The van der Waals surface area contributed by atoms with Crippen molar-refractivity contribution in [1.29, 1.82) is 0 Å². The van der Waals surface area contributed by atoms with Crippen molar-refractivity contribution in [3.05, 3.63) is 40.0 Å². The van der Waals surface area contributed by atoms with Gasteiger partial charge < -0.3 is 14.7 Å². The topological polar surface area (TPSA) is 92.9 Å². The van der Waals surface area contributed by atoms with Crippen LogP contribution in [0, 0.1) is 10.1 Å². The highest BCUT2D eigenvalue weighted by atomic mass is 16.6. The molecule has 1 N–H and O–H groups in total. The van der Waals surface area contributed by atoms with E-state index in [0.717, 1.165) is 6.08 Å². The lowest BCUT2D eigenvalue weighted by Crippen LogP contribution is -2.23. The second kappa shape index (κ2) is 8.01. The molecule has 0 spiro atoms. The molecule has 7 nitrogen and oxygen atoms in total. The van der Waals surface area contributed by atoms with Gasteiger partial charge in [-0.05, 0) is 19.1 Å². The Kier molecular flexibility index (Phi) is 6.35. The highest BCUT2D eigenvalue weighted by Gasteiger charge is 2.12. The van der Waals surface area contributed by atoms with Crippen molar-refractivity contribution in [2.75, 3.05) is 31.7 Å². The third-order valence-electron chi connectivity index (χ3n) is 2.81. The first-order valence-corrected chi connectivity index (χ1v) is 6.44. The van der Waals surface area contributed by atoms with Crippen LogP contribution in [0.4, 0.5) is 11.4 Å². The molecule has 0 aliphatic rings. The summed E-state index contributed by atoms with van der Waals surface area (Å²) >= 11 is 0. The average Bonchev–Trinajstić information content (AvgIpc) is 2.44. The van der Waals surface area contributed by atoms with Crippen molar-refractivity contribution in [3.8, 4) is 0 Å². The SMILES string of the molecule is CCOCCN(C)c1ccc([N+](=O)[O-])cc1/C=C/C(=O)O. The number of likely N-dealkylation sites (N-methyl/N-ethyl adjacent to an activating group) is 1. The van der Waals surface area contributed by atoms with Gasteiger partial charge >= 0.3 is 5.97 Å². The van der Waals surface area contributed by atoms with Gasteiger partial charge in [-0.25, -0.2) is 4.79 Å². The lowest BCUT2D eigenvalue weighted by molar-refractivity contribution is -0.384. The van der Waals surface area contributed by atoms with Gasteiger partial charge in [0.05, 0.1) is 11.5 Å². The van der Waals surface area contributed by atoms with E-state index in [9.17, 15) is 14.9 Å². The van der Waals surface area contributed by atoms with E-state index >= 15 is 0 Å². The Hall–Kier alpha value is -2.41. The molecule has 0 unspecified atom stereocenters. The Morgan fingerprint density at radius 2 is 2.24 bits per heavy atom. The fourth-order valence-corrected chi connectivity index (χ4v) is 1.76. The Bertz CT molecular complexity index is 542. The number of rotatable bonds is 8. The zero-order chi connectivity index (χ0) is 15.8. The maximum Gasteiger partial charge on any atom is 0.328 e. The predicted molar refractivity (Wildman–Crippen MR) is 79.5 cm³/mol. The smallest absolute Gasteiger partial charge is 0.328 e. The summed E-state index contributed by atoms with van der Waals surface area (Å²) in [4.78, 5) is 22.8. The largest absolute Gasteiger partial charge is 0.478 e. The summed E-state index contributed by atoms with van der Waals surface area (Å²) in [5.41, 5.74) is 1.10. The zero-order valence-electron chi connectivity index (χ0n) is 12.0. The van der Waals surface area contributed by atoms with E-state index < -0.39 is 10.9 Å². The van der Waals surface area contributed by atoms with E-state index in [1.165, 1.54) is 18.2 Å². The Balaban J connectivity index is 3.05. The van der Waals surface area contributed by atoms with Crippen LogP contribution in [0.25, 0.3) is 6.08 Å². The van der Waals surface area contributed by atoms with E-state index in [2.05, 4.69) is 0 Å². The number of nitro groups is 1. The summed E-state index contributed by atoms with van der Waals surface area (Å²) in [6, 6.07) is 4.35. The molecule has 0 atom stereocenters. The van der Waals surface area contributed by atoms with Crippen molar-refractivity contribution in [3.63, 3.8) is 0 Å². The minimum absolute atomic E-state index is 0.0815. The summed E-state index contributed by atoms with van der Waals surface area (Å²) < 4.78 is 5.26. The lowest BCUT2D eigenvalue weighted by atomic mass is 10.1. The van der Waals surface area contributed by atoms with Crippen LogP contribution in [-0.2, 0) is 9.53 Å². The molecular weight excluding hydrogens is 276 g/mol. The van der Waals surface area contributed by atoms with Crippen molar-refractivity contribution in [2.45, 2.75) is 6.92 Å². The molecule has 0 saturated carbocycles. The highest BCUT2D eigenvalue weighted by Crippen LogP contribution is 2.26. The van der Waals surface area contributed by atoms with Gasteiger partial charge in [0.1, 0.15) is 0 Å². The van der Waals surface area contributed by atoms with Crippen LogP contribution in [0.5, 0.6) is 0 Å². The van der Waals surface area contributed by atoms with Crippen molar-refractivity contribution >= 4 is 23.4 Å². The van der Waals surface area contributed by atoms with Crippen LogP contribution in [-0.4, -0.2) is 42.8 Å². The molecule has 1 aromatic rings. The van der Waals surface area contributed by atoms with E-state index in [1.807, 2.05) is 18.9 Å². The van der Waals surface area contributed by atoms with Gasteiger partial charge in [0.2, 0.25) is 0 Å². The van der Waals surface area contributed by atoms with E-state index in [-0.39, 0.29) is 5.69 Å². The molecule has 0 aromatic heterocycles. The standard InChI is InChI=1S/C14H18N2O5/c1-3-21-9-8-15(2)13-6-5-12(16(19)20)10-11(13)4-7-14(17)18/h4-7,10H,3,8-9H2,1-2H3,(H,17,18)/b7-4+. The molecule has 114 valence electrons. The number of carboxylic acids is 1. The number of carboxylic acid groups (broad SMARTS) is 1. The van der Waals surface area contributed by atoms with Gasteiger partial charge in [-0.15, -0.1) is 0 Å². The van der Waals surface area contributed by atoms with E-state index in [1.54, 1.807) is 6.07 Å². The van der Waals surface area contributed by atoms with Crippen LogP contribution >= 0.6 is 0 Å². The number of benzene rings is 1. The molecule has 0 saturated heterocycles. The normalized spacial score (nSPS) is 10.8. The third kappa shape index (κ3) is 5.23. The van der Waals surface area contributed by atoms with Crippen LogP contribution in [0.3, 0.4) is 0 Å². The first-order valence-electron chi connectivity index (χ1n) is 6.44. The lowest BCUT2D eigenvalue weighted by Gasteiger charge is -2.21. The monoisotopic (exact) mass is 294 g/mol. The van der Waals surface area contributed by atoms with Crippen LogP contribution < -0.4 is 4.90 Å². The second-order valence-electron chi connectivity index (χ2n) is 4.29. The second-order valence-corrected chi connectivity index (χ2v) is 4.29. The fourth-order valence-electron chi connectivity index (χ4n) is 1.76. The number of anilines is 1. The third-order valence-corrected chi connectivity index (χ3v) is 2.81. The fraction of sp³-hybridized carbons (Fsp3) is 0.357. The average molecular weight is 294 g/mol. The van der Waals surface area contributed by atoms with Crippen LogP contribution in [0.2, 0.25) is 0 Å². The van der Waals surface area contributed by atoms with Crippen molar-refractivity contribution < 1.29 is 19.6 Å². The van der Waals surface area contributed by atoms with Gasteiger partial charge in [-0.1, -0.05) is 0 Å². The van der Waals surface area contributed by atoms with Crippen molar-refractivity contribution in [2.24, 2.45) is 0 Å². The highest BCUT2D eigenvalue weighted by molar-refractivity contribution is 5.87. The van der Waals surface area contributed by atoms with E-state index in [4.69, 9.17) is 9.84 Å². The first-order chi connectivity index (χ1) is 9.95. The molecule has 7 heteroatoms. The summed E-state index contributed by atoms with van der Waals surface area (Å²) in [6.45, 7) is 3.62. The maximum atomic E-state index is 10.8. The summed E-state index contributed by atoms with van der Waals surface area (Å²) in [5.74, 6) is -1.11. The molecule has 0 amide bonds. The number of non-ortho nitro benzene ring substituents is 1. The van der Waals surface area contributed by atoms with Gasteiger partial charge in [0.25, 0.3) is 5.69 Å². The number of hydrogen-bond acceptors (Lipinski definition) is 5. The Morgan fingerprint density at radius 3 is 2.81 bits per heavy atom. The maximum absolute atomic E-state index is 10.8. The molecule has 0 bridgehead atoms. The molecule has 0 aliphatic carbocycles. The van der Waals surface area contributed by atoms with E-state index in [0.29, 0.717) is 31.0 Å². The summed E-state index contributed by atoms with van der Waals surface area (Å²) in [5, 5.41) is 19.5. The van der Waals surface area contributed by atoms with Gasteiger partial charge in [0, 0.05) is 49.7 Å². The molecule has 1 aromatic carbocycles. The molecule has 21 heavy (non-hydrogen) atoms. The number of carbonyl (C=O) groups is 1. The zero-order valence-corrected chi connectivity index (χ0v) is 12.0. The number of nitrogens with zero attached hydrogens (tertiary/aromatic N) is 2. The Labute approximate surface area is 122 Å². The van der Waals surface area contributed by atoms with Crippen LogP contribution in [0.15, 0.2) is 24.3 Å². The number of aliphatic carboxylic acids is 1. The molecule has 1 rings (SSSR count). The predicted octanol–water partition coefficient (Wildman–Crippen LogP) is 2.17. The number of hydrogen-bond donors (Lipinski definition) is 1. The van der Waals surface area contributed by atoms with Crippen LogP contribution in [0.1, 0.15) is 12.5 Å². The van der Waals surface area contributed by atoms with Crippen molar-refractivity contribution in [1.82, 2.24) is 0 Å². The van der Waals surface area contributed by atoms with Gasteiger partial charge in [-0.3, -0.25) is 10.1 Å². The van der Waals surface area contributed by atoms with Gasteiger partial charge in [-0.2, -0.15) is 0 Å². The Morgan fingerprint density at radius 1 is 1.52 bits per heavy atom. The molecule has 0 fully saturated rings. The molecule has 0 aliphatic heterocycles. The quantitative estimate of drug-likeness (QED) is 0.342. The van der Waals surface area contributed by atoms with Gasteiger partial charge in [0.15, 0.2) is 0 Å². The molecular formula is C14H18N2O5. The summed E-state index contributed by atoms with van der Waals surface area (Å²) in [6.07, 6.45) is 2.31. The first kappa shape index (κ1) is 16.6. The molecule has 0 heterocycles. The molecule has 0 radical (unpaired) electrons.